The van der Waals surface area contributed by atoms with Gasteiger partial charge in [-0.1, -0.05) is 23.2 Å². The van der Waals surface area contributed by atoms with Crippen molar-refractivity contribution in [1.29, 1.82) is 0 Å². The van der Waals surface area contributed by atoms with Crippen LogP contribution in [0.3, 0.4) is 0 Å². The molecule has 0 saturated carbocycles. The number of benzene rings is 1. The van der Waals surface area contributed by atoms with Crippen molar-refractivity contribution in [3.05, 3.63) is 46.2 Å². The molecule has 1 aromatic heterocycles. The molecule has 5 nitrogen and oxygen atoms in total. The minimum atomic E-state index is -0.411. The van der Waals surface area contributed by atoms with E-state index in [2.05, 4.69) is 15.3 Å². The van der Waals surface area contributed by atoms with Gasteiger partial charge >= 0.3 is 0 Å². The Morgan fingerprint density at radius 2 is 2.06 bits per heavy atom. The van der Waals surface area contributed by atoms with E-state index in [4.69, 9.17) is 28.9 Å². The van der Waals surface area contributed by atoms with E-state index in [-0.39, 0.29) is 11.1 Å². The van der Waals surface area contributed by atoms with E-state index in [0.717, 1.165) is 0 Å². The van der Waals surface area contributed by atoms with E-state index in [1.807, 2.05) is 0 Å². The molecule has 0 spiro atoms. The fourth-order valence-electron chi connectivity index (χ4n) is 1.31. The highest BCUT2D eigenvalue weighted by molar-refractivity contribution is 6.31. The van der Waals surface area contributed by atoms with E-state index in [0.29, 0.717) is 16.3 Å². The lowest BCUT2D eigenvalue weighted by Crippen LogP contribution is -2.14. The second kappa shape index (κ2) is 5.20. The molecule has 2 rings (SSSR count). The molecule has 92 valence electrons. The highest BCUT2D eigenvalue weighted by Gasteiger charge is 2.09. The van der Waals surface area contributed by atoms with Gasteiger partial charge in [0.25, 0.3) is 5.91 Å². The lowest BCUT2D eigenvalue weighted by atomic mass is 10.2. The topological polar surface area (TPSA) is 80.9 Å². The summed E-state index contributed by atoms with van der Waals surface area (Å²) in [6.45, 7) is 0. The molecule has 0 fully saturated rings. The summed E-state index contributed by atoms with van der Waals surface area (Å²) >= 11 is 11.5. The van der Waals surface area contributed by atoms with Crippen molar-refractivity contribution in [2.24, 2.45) is 0 Å². The fraction of sp³-hybridized carbons (Fsp3) is 0. The highest BCUT2D eigenvalue weighted by atomic mass is 35.5. The molecule has 1 aromatic carbocycles. The van der Waals surface area contributed by atoms with Gasteiger partial charge in [-0.2, -0.15) is 0 Å². The second-order valence-electron chi connectivity index (χ2n) is 3.43. The summed E-state index contributed by atoms with van der Waals surface area (Å²) in [5.74, 6) is -0.294. The number of hydrogen-bond acceptors (Lipinski definition) is 4. The van der Waals surface area contributed by atoms with Gasteiger partial charge in [-0.25, -0.2) is 9.97 Å². The summed E-state index contributed by atoms with van der Waals surface area (Å²) in [5.41, 5.74) is 6.32. The second-order valence-corrected chi connectivity index (χ2v) is 4.25. The number of carbonyl (C=O) groups is 1. The van der Waals surface area contributed by atoms with Crippen LogP contribution in [0, 0.1) is 0 Å². The predicted molar refractivity (Wildman–Crippen MR) is 70.9 cm³/mol. The number of aromatic nitrogens is 2. The number of hydrogen-bond donors (Lipinski definition) is 2. The van der Waals surface area contributed by atoms with Crippen molar-refractivity contribution in [3.63, 3.8) is 0 Å². The molecule has 0 aliphatic rings. The molecule has 1 amide bonds. The summed E-state index contributed by atoms with van der Waals surface area (Å²) in [6, 6.07) is 6.06. The van der Waals surface area contributed by atoms with Crippen LogP contribution in [0.5, 0.6) is 0 Å². The Balaban J connectivity index is 2.22. The molecule has 0 saturated heterocycles. The standard InChI is InChI=1S/C11H8Cl2N4O/c12-7-3-6(4-8(14)5-7)10(18)17-11-15-2-1-9(13)16-11/h1-5H,14H2,(H,15,16,17,18). The number of rotatable bonds is 2. The van der Waals surface area contributed by atoms with Gasteiger partial charge in [-0.3, -0.25) is 10.1 Å². The number of nitrogens with two attached hydrogens (primary N) is 1. The van der Waals surface area contributed by atoms with E-state index in [1.54, 1.807) is 6.07 Å². The normalized spacial score (nSPS) is 10.1. The van der Waals surface area contributed by atoms with Crippen molar-refractivity contribution in [2.75, 3.05) is 11.1 Å². The molecule has 0 bridgehead atoms. The van der Waals surface area contributed by atoms with E-state index >= 15 is 0 Å². The molecule has 3 N–H and O–H groups in total. The minimum absolute atomic E-state index is 0.117. The SMILES string of the molecule is Nc1cc(Cl)cc(C(=O)Nc2nccc(Cl)n2)c1. The zero-order valence-electron chi connectivity index (χ0n) is 9.02. The van der Waals surface area contributed by atoms with E-state index in [1.165, 1.54) is 24.4 Å². The maximum Gasteiger partial charge on any atom is 0.258 e. The molecule has 1 heterocycles. The van der Waals surface area contributed by atoms with Crippen LogP contribution in [-0.2, 0) is 0 Å². The van der Waals surface area contributed by atoms with Crippen LogP contribution in [-0.4, -0.2) is 15.9 Å². The van der Waals surface area contributed by atoms with Crippen LogP contribution < -0.4 is 11.1 Å². The van der Waals surface area contributed by atoms with Crippen molar-refractivity contribution in [3.8, 4) is 0 Å². The van der Waals surface area contributed by atoms with Crippen LogP contribution in [0.4, 0.5) is 11.6 Å². The largest absolute Gasteiger partial charge is 0.399 e. The first-order chi connectivity index (χ1) is 8.54. The van der Waals surface area contributed by atoms with Crippen molar-refractivity contribution in [1.82, 2.24) is 9.97 Å². The van der Waals surface area contributed by atoms with Crippen LogP contribution in [0.25, 0.3) is 0 Å². The molecule has 2 aromatic rings. The summed E-state index contributed by atoms with van der Waals surface area (Å²) in [4.78, 5) is 19.6. The molecule has 0 unspecified atom stereocenters. The average Bonchev–Trinajstić information content (AvgIpc) is 2.27. The molecule has 0 radical (unpaired) electrons. The van der Waals surface area contributed by atoms with Gasteiger partial charge in [-0.05, 0) is 24.3 Å². The molecular formula is C11H8Cl2N4O. The predicted octanol–water partition coefficient (Wildman–Crippen LogP) is 2.62. The van der Waals surface area contributed by atoms with Crippen LogP contribution in [0.15, 0.2) is 30.5 Å². The van der Waals surface area contributed by atoms with Gasteiger partial charge in [0.1, 0.15) is 5.15 Å². The lowest BCUT2D eigenvalue weighted by molar-refractivity contribution is 0.102. The van der Waals surface area contributed by atoms with Crippen LogP contribution >= 0.6 is 23.2 Å². The first-order valence-electron chi connectivity index (χ1n) is 4.90. The Kier molecular flexibility index (Phi) is 3.64. The zero-order chi connectivity index (χ0) is 13.1. The first kappa shape index (κ1) is 12.6. The quantitative estimate of drug-likeness (QED) is 0.655. The third-order valence-electron chi connectivity index (χ3n) is 2.03. The number of nitrogen functional groups attached to an aromatic ring is 1. The van der Waals surface area contributed by atoms with Gasteiger partial charge in [0.2, 0.25) is 5.95 Å². The lowest BCUT2D eigenvalue weighted by Gasteiger charge is -2.05. The van der Waals surface area contributed by atoms with Crippen LogP contribution in [0.2, 0.25) is 10.2 Å². The van der Waals surface area contributed by atoms with Gasteiger partial charge < -0.3 is 5.73 Å². The van der Waals surface area contributed by atoms with E-state index in [9.17, 15) is 4.79 Å². The fourth-order valence-corrected chi connectivity index (χ4v) is 1.69. The van der Waals surface area contributed by atoms with Crippen molar-refractivity contribution < 1.29 is 4.79 Å². The maximum absolute atomic E-state index is 11.9. The number of nitrogens with zero attached hydrogens (tertiary/aromatic N) is 2. The Morgan fingerprint density at radius 3 is 2.72 bits per heavy atom. The Morgan fingerprint density at radius 1 is 1.28 bits per heavy atom. The smallest absolute Gasteiger partial charge is 0.258 e. The van der Waals surface area contributed by atoms with Gasteiger partial charge in [0.15, 0.2) is 0 Å². The average molecular weight is 283 g/mol. The summed E-state index contributed by atoms with van der Waals surface area (Å²) in [7, 11) is 0. The molecule has 0 aliphatic heterocycles. The van der Waals surface area contributed by atoms with Gasteiger partial charge in [0.05, 0.1) is 0 Å². The number of anilines is 2. The summed E-state index contributed by atoms with van der Waals surface area (Å²) < 4.78 is 0. The monoisotopic (exact) mass is 282 g/mol. The van der Waals surface area contributed by atoms with E-state index < -0.39 is 5.91 Å². The Labute approximate surface area is 113 Å². The third-order valence-corrected chi connectivity index (χ3v) is 2.46. The zero-order valence-corrected chi connectivity index (χ0v) is 10.5. The van der Waals surface area contributed by atoms with Gasteiger partial charge in [0, 0.05) is 22.5 Å². The third kappa shape index (κ3) is 3.09. The highest BCUT2D eigenvalue weighted by Crippen LogP contribution is 2.17. The molecular weight excluding hydrogens is 275 g/mol. The molecule has 7 heteroatoms. The first-order valence-corrected chi connectivity index (χ1v) is 5.66. The van der Waals surface area contributed by atoms with Crippen LogP contribution in [0.1, 0.15) is 10.4 Å². The Hall–Kier alpha value is -1.85. The minimum Gasteiger partial charge on any atom is -0.399 e. The Bertz CT molecular complexity index is 583. The molecule has 18 heavy (non-hydrogen) atoms. The van der Waals surface area contributed by atoms with Gasteiger partial charge in [-0.15, -0.1) is 0 Å². The molecule has 0 aliphatic carbocycles. The van der Waals surface area contributed by atoms with Crippen molar-refractivity contribution in [2.45, 2.75) is 0 Å². The number of amides is 1. The van der Waals surface area contributed by atoms with Crippen molar-refractivity contribution >= 4 is 40.7 Å². The summed E-state index contributed by atoms with van der Waals surface area (Å²) in [5, 5.41) is 3.12. The number of carbonyl (C=O) groups excluding carboxylic acids is 1. The maximum atomic E-state index is 11.9. The number of nitrogens with one attached hydrogen (secondary N) is 1. The summed E-state index contributed by atoms with van der Waals surface area (Å²) in [6.07, 6.45) is 1.44. The number of halogens is 2. The molecule has 0 atom stereocenters.